The van der Waals surface area contributed by atoms with E-state index in [1.54, 1.807) is 0 Å². The molecule has 0 bridgehead atoms. The lowest BCUT2D eigenvalue weighted by Crippen LogP contribution is -2.45. The molecule has 3 rings (SSSR count). The summed E-state index contributed by atoms with van der Waals surface area (Å²) in [5, 5.41) is 5.32. The number of amides is 2. The van der Waals surface area contributed by atoms with Gasteiger partial charge in [0, 0.05) is 17.9 Å². The van der Waals surface area contributed by atoms with Gasteiger partial charge < -0.3 is 0 Å². The van der Waals surface area contributed by atoms with E-state index in [-0.39, 0.29) is 11.8 Å². The number of carbonyl (C=O) groups excluding carboxylic acids is 2. The molecule has 1 heterocycles. The summed E-state index contributed by atoms with van der Waals surface area (Å²) >= 11 is 0. The molecular weight excluding hydrogens is 230 g/mol. The fourth-order valence-corrected chi connectivity index (χ4v) is 2.62. The zero-order valence-corrected chi connectivity index (χ0v) is 9.80. The number of hydrogen-bond donors (Lipinski definition) is 1. The number of aryl methyl sites for hydroxylation is 1. The molecule has 0 fully saturated rings. The Hall–Kier alpha value is -2.17. The van der Waals surface area contributed by atoms with E-state index in [2.05, 4.69) is 16.6 Å². The van der Waals surface area contributed by atoms with Gasteiger partial charge >= 0.3 is 0 Å². The lowest BCUT2D eigenvalue weighted by atomic mass is 9.80. The Bertz CT molecular complexity index is 539. The van der Waals surface area contributed by atoms with Crippen LogP contribution in [0.15, 0.2) is 29.4 Å². The zero-order chi connectivity index (χ0) is 12.5. The van der Waals surface area contributed by atoms with Crippen molar-refractivity contribution in [3.05, 3.63) is 35.4 Å². The molecule has 1 atom stereocenters. The first-order chi connectivity index (χ1) is 8.79. The molecule has 0 radical (unpaired) electrons. The van der Waals surface area contributed by atoms with Gasteiger partial charge in [0.05, 0.1) is 5.71 Å². The van der Waals surface area contributed by atoms with Crippen LogP contribution in [0.2, 0.25) is 0 Å². The van der Waals surface area contributed by atoms with Gasteiger partial charge in [0.15, 0.2) is 0 Å². The van der Waals surface area contributed by atoms with Gasteiger partial charge in [0.1, 0.15) is 0 Å². The van der Waals surface area contributed by atoms with Gasteiger partial charge in [0.25, 0.3) is 5.91 Å². The highest BCUT2D eigenvalue weighted by Crippen LogP contribution is 2.31. The Morgan fingerprint density at radius 3 is 3.06 bits per heavy atom. The minimum absolute atomic E-state index is 0.157. The average molecular weight is 243 g/mol. The predicted octanol–water partition coefficient (Wildman–Crippen LogP) is 0.846. The number of hydrazone groups is 1. The number of nitrogens with one attached hydrogen (secondary N) is 1. The molecule has 1 aliphatic carbocycles. The van der Waals surface area contributed by atoms with E-state index in [4.69, 9.17) is 0 Å². The lowest BCUT2D eigenvalue weighted by molar-refractivity contribution is -0.139. The second-order valence-corrected chi connectivity index (χ2v) is 4.53. The Labute approximate surface area is 104 Å². The summed E-state index contributed by atoms with van der Waals surface area (Å²) in [6.45, 7) is 0. The van der Waals surface area contributed by atoms with E-state index in [0.717, 1.165) is 29.2 Å². The second kappa shape index (κ2) is 4.25. The van der Waals surface area contributed by atoms with E-state index in [1.807, 2.05) is 18.2 Å². The van der Waals surface area contributed by atoms with Crippen LogP contribution in [0.4, 0.5) is 0 Å². The molecule has 1 aromatic rings. The van der Waals surface area contributed by atoms with Gasteiger partial charge in [-0.25, -0.2) is 5.43 Å². The van der Waals surface area contributed by atoms with Gasteiger partial charge in [0.2, 0.25) is 6.41 Å². The smallest absolute Gasteiger partial charge is 0.263 e. The number of hydrogen-bond acceptors (Lipinski definition) is 3. The highest BCUT2D eigenvalue weighted by Gasteiger charge is 2.33. The standard InChI is InChI=1S/C13H13N3O2/c17-8-14-16-12(18)7-10-6-5-9-3-1-2-4-11(9)13(10)15-16/h1-4,8,10H,5-7H2,(H,14,17). The van der Waals surface area contributed by atoms with Crippen LogP contribution in [-0.4, -0.2) is 23.1 Å². The van der Waals surface area contributed by atoms with Crippen LogP contribution >= 0.6 is 0 Å². The topological polar surface area (TPSA) is 61.8 Å². The molecule has 92 valence electrons. The van der Waals surface area contributed by atoms with Crippen LogP contribution in [0.25, 0.3) is 0 Å². The maximum atomic E-state index is 11.7. The third-order valence-corrected chi connectivity index (χ3v) is 3.48. The summed E-state index contributed by atoms with van der Waals surface area (Å²) in [5.74, 6) is 0.0207. The van der Waals surface area contributed by atoms with Crippen molar-refractivity contribution in [2.45, 2.75) is 19.3 Å². The summed E-state index contributed by atoms with van der Waals surface area (Å²) in [6.07, 6.45) is 2.80. The number of benzene rings is 1. The van der Waals surface area contributed by atoms with E-state index in [0.29, 0.717) is 12.8 Å². The molecule has 5 heteroatoms. The molecule has 18 heavy (non-hydrogen) atoms. The third kappa shape index (κ3) is 1.68. The molecule has 1 N–H and O–H groups in total. The Balaban J connectivity index is 2.04. The van der Waals surface area contributed by atoms with Crippen molar-refractivity contribution in [2.75, 3.05) is 0 Å². The maximum absolute atomic E-state index is 11.7. The normalized spacial score (nSPS) is 21.8. The summed E-state index contributed by atoms with van der Waals surface area (Å²) in [6, 6.07) is 8.09. The molecule has 1 unspecified atom stereocenters. The minimum Gasteiger partial charge on any atom is -0.277 e. The van der Waals surface area contributed by atoms with E-state index in [9.17, 15) is 9.59 Å². The Morgan fingerprint density at radius 2 is 2.22 bits per heavy atom. The lowest BCUT2D eigenvalue weighted by Gasteiger charge is -2.32. The van der Waals surface area contributed by atoms with Gasteiger partial charge in [-0.2, -0.15) is 5.10 Å². The highest BCUT2D eigenvalue weighted by atomic mass is 16.2. The summed E-state index contributed by atoms with van der Waals surface area (Å²) in [7, 11) is 0. The van der Waals surface area contributed by atoms with Crippen LogP contribution < -0.4 is 5.43 Å². The number of rotatable bonds is 2. The van der Waals surface area contributed by atoms with Crippen LogP contribution in [0.5, 0.6) is 0 Å². The fourth-order valence-electron chi connectivity index (χ4n) is 2.62. The first-order valence-electron chi connectivity index (χ1n) is 5.99. The average Bonchev–Trinajstić information content (AvgIpc) is 2.40. The number of hydrazine groups is 1. The first-order valence-corrected chi connectivity index (χ1v) is 5.99. The molecular formula is C13H13N3O2. The molecule has 0 spiro atoms. The largest absolute Gasteiger partial charge is 0.277 e. The SMILES string of the molecule is O=CNN1N=C2c3ccccc3CCC2CC1=O. The van der Waals surface area contributed by atoms with Crippen LogP contribution in [0.3, 0.4) is 0 Å². The van der Waals surface area contributed by atoms with E-state index in [1.165, 1.54) is 5.56 Å². The van der Waals surface area contributed by atoms with Crippen molar-refractivity contribution in [3.8, 4) is 0 Å². The van der Waals surface area contributed by atoms with Gasteiger partial charge in [-0.3, -0.25) is 9.59 Å². The molecule has 0 aromatic heterocycles. The highest BCUT2D eigenvalue weighted by molar-refractivity contribution is 6.07. The minimum atomic E-state index is -0.157. The Morgan fingerprint density at radius 1 is 1.39 bits per heavy atom. The van der Waals surface area contributed by atoms with E-state index < -0.39 is 0 Å². The zero-order valence-electron chi connectivity index (χ0n) is 9.80. The van der Waals surface area contributed by atoms with Crippen LogP contribution in [0, 0.1) is 5.92 Å². The van der Waals surface area contributed by atoms with Crippen molar-refractivity contribution in [1.29, 1.82) is 0 Å². The summed E-state index contributed by atoms with van der Waals surface area (Å²) in [4.78, 5) is 22.2. The molecule has 0 saturated heterocycles. The van der Waals surface area contributed by atoms with Gasteiger partial charge in [-0.15, -0.1) is 5.12 Å². The van der Waals surface area contributed by atoms with Crippen molar-refractivity contribution in [1.82, 2.24) is 10.5 Å². The molecule has 0 saturated carbocycles. The molecule has 1 aliphatic heterocycles. The second-order valence-electron chi connectivity index (χ2n) is 4.53. The number of carbonyl (C=O) groups is 2. The Kier molecular flexibility index (Phi) is 2.59. The molecule has 2 aliphatic rings. The quantitative estimate of drug-likeness (QED) is 0.783. The monoisotopic (exact) mass is 243 g/mol. The number of fused-ring (bicyclic) bond motifs is 3. The maximum Gasteiger partial charge on any atom is 0.263 e. The molecule has 2 amide bonds. The van der Waals surface area contributed by atoms with Crippen molar-refractivity contribution in [2.24, 2.45) is 11.0 Å². The molecule has 5 nitrogen and oxygen atoms in total. The predicted molar refractivity (Wildman–Crippen MR) is 65.5 cm³/mol. The van der Waals surface area contributed by atoms with Crippen molar-refractivity contribution >= 4 is 18.0 Å². The number of nitrogens with zero attached hydrogens (tertiary/aromatic N) is 2. The summed E-state index contributed by atoms with van der Waals surface area (Å²) < 4.78 is 0. The first kappa shape index (κ1) is 11.0. The third-order valence-electron chi connectivity index (χ3n) is 3.48. The van der Waals surface area contributed by atoms with Crippen molar-refractivity contribution < 1.29 is 9.59 Å². The van der Waals surface area contributed by atoms with Crippen molar-refractivity contribution in [3.63, 3.8) is 0 Å². The molecule has 1 aromatic carbocycles. The fraction of sp³-hybridized carbons (Fsp3) is 0.308. The van der Waals surface area contributed by atoms with E-state index >= 15 is 0 Å². The van der Waals surface area contributed by atoms with Gasteiger partial charge in [-0.05, 0) is 18.4 Å². The van der Waals surface area contributed by atoms with Gasteiger partial charge in [-0.1, -0.05) is 24.3 Å². The summed E-state index contributed by atoms with van der Waals surface area (Å²) in [5.41, 5.74) is 5.58. The van der Waals surface area contributed by atoms with Crippen LogP contribution in [-0.2, 0) is 16.0 Å². The van der Waals surface area contributed by atoms with Crippen LogP contribution in [0.1, 0.15) is 24.0 Å².